The summed E-state index contributed by atoms with van der Waals surface area (Å²) in [4.78, 5) is 23.4. The van der Waals surface area contributed by atoms with Crippen molar-refractivity contribution in [3.05, 3.63) is 35.9 Å². The van der Waals surface area contributed by atoms with Gasteiger partial charge in [-0.3, -0.25) is 14.9 Å². The molecule has 2 rings (SSSR count). The van der Waals surface area contributed by atoms with Gasteiger partial charge >= 0.3 is 0 Å². The third kappa shape index (κ3) is 2.48. The van der Waals surface area contributed by atoms with Gasteiger partial charge in [-0.05, 0) is 25.0 Å². The van der Waals surface area contributed by atoms with E-state index in [0.717, 1.165) is 25.7 Å². The topological polar surface area (TPSA) is 46.2 Å². The fraction of sp³-hybridized carbons (Fsp3) is 0.385. The molecule has 0 radical (unpaired) electrons. The average molecular weight is 217 g/mol. The summed E-state index contributed by atoms with van der Waals surface area (Å²) in [6, 6.07) is 8.83. The molecule has 0 heterocycles. The molecule has 2 amide bonds. The van der Waals surface area contributed by atoms with E-state index in [9.17, 15) is 9.59 Å². The maximum absolute atomic E-state index is 11.7. The van der Waals surface area contributed by atoms with Crippen LogP contribution in [0.25, 0.3) is 0 Å². The smallest absolute Gasteiger partial charge is 0.257 e. The van der Waals surface area contributed by atoms with Gasteiger partial charge in [0.25, 0.3) is 5.91 Å². The summed E-state index contributed by atoms with van der Waals surface area (Å²) in [6.07, 6.45) is 4.01. The Hall–Kier alpha value is -1.64. The third-order valence-corrected chi connectivity index (χ3v) is 3.00. The average Bonchev–Trinajstić information content (AvgIpc) is 2.83. The van der Waals surface area contributed by atoms with E-state index in [1.54, 1.807) is 24.3 Å². The van der Waals surface area contributed by atoms with Crippen LogP contribution in [0.15, 0.2) is 30.3 Å². The molecule has 1 N–H and O–H groups in total. The van der Waals surface area contributed by atoms with E-state index in [1.807, 2.05) is 6.07 Å². The maximum Gasteiger partial charge on any atom is 0.257 e. The van der Waals surface area contributed by atoms with Crippen LogP contribution in [0.3, 0.4) is 0 Å². The molecule has 16 heavy (non-hydrogen) atoms. The van der Waals surface area contributed by atoms with Crippen LogP contribution in [-0.2, 0) is 4.79 Å². The van der Waals surface area contributed by atoms with Gasteiger partial charge in [-0.2, -0.15) is 0 Å². The molecule has 3 heteroatoms. The van der Waals surface area contributed by atoms with Crippen LogP contribution in [0.2, 0.25) is 0 Å². The lowest BCUT2D eigenvalue weighted by atomic mass is 10.1. The molecular weight excluding hydrogens is 202 g/mol. The lowest BCUT2D eigenvalue weighted by molar-refractivity contribution is -0.123. The molecule has 3 nitrogen and oxygen atoms in total. The summed E-state index contributed by atoms with van der Waals surface area (Å²) < 4.78 is 0. The molecule has 1 aliphatic carbocycles. The van der Waals surface area contributed by atoms with E-state index in [0.29, 0.717) is 5.56 Å². The first-order chi connectivity index (χ1) is 7.77. The first-order valence-corrected chi connectivity index (χ1v) is 5.67. The molecule has 1 saturated carbocycles. The predicted octanol–water partition coefficient (Wildman–Crippen LogP) is 2.13. The van der Waals surface area contributed by atoms with Gasteiger partial charge in [0.2, 0.25) is 5.91 Å². The minimum atomic E-state index is -0.294. The van der Waals surface area contributed by atoms with Crippen molar-refractivity contribution in [1.29, 1.82) is 0 Å². The SMILES string of the molecule is O=C(NC(=O)C1CCCC1)c1ccccc1. The van der Waals surface area contributed by atoms with Crippen LogP contribution in [0.4, 0.5) is 0 Å². The summed E-state index contributed by atoms with van der Waals surface area (Å²) >= 11 is 0. The zero-order valence-corrected chi connectivity index (χ0v) is 9.11. The van der Waals surface area contributed by atoms with Crippen molar-refractivity contribution >= 4 is 11.8 Å². The second-order valence-electron chi connectivity index (χ2n) is 4.17. The number of nitrogens with one attached hydrogen (secondary N) is 1. The molecule has 1 aromatic rings. The summed E-state index contributed by atoms with van der Waals surface area (Å²) in [5.41, 5.74) is 0.536. The van der Waals surface area contributed by atoms with Crippen LogP contribution in [0.1, 0.15) is 36.0 Å². The summed E-state index contributed by atoms with van der Waals surface area (Å²) in [5.74, 6) is -0.378. The Morgan fingerprint density at radius 1 is 1.06 bits per heavy atom. The van der Waals surface area contributed by atoms with Crippen molar-refractivity contribution in [2.75, 3.05) is 0 Å². The Kier molecular flexibility index (Phi) is 3.34. The van der Waals surface area contributed by atoms with Crippen molar-refractivity contribution in [2.24, 2.45) is 5.92 Å². The summed E-state index contributed by atoms with van der Waals surface area (Å²) in [5, 5.41) is 2.46. The van der Waals surface area contributed by atoms with E-state index in [2.05, 4.69) is 5.32 Å². The molecule has 0 aromatic heterocycles. The monoisotopic (exact) mass is 217 g/mol. The normalized spacial score (nSPS) is 16.0. The van der Waals surface area contributed by atoms with Gasteiger partial charge < -0.3 is 0 Å². The van der Waals surface area contributed by atoms with Gasteiger partial charge in [0.05, 0.1) is 0 Å². The zero-order chi connectivity index (χ0) is 11.4. The number of carbonyl (C=O) groups is 2. The number of hydrogen-bond acceptors (Lipinski definition) is 2. The van der Waals surface area contributed by atoms with Crippen LogP contribution < -0.4 is 5.32 Å². The number of amides is 2. The van der Waals surface area contributed by atoms with E-state index in [4.69, 9.17) is 0 Å². The second-order valence-corrected chi connectivity index (χ2v) is 4.17. The van der Waals surface area contributed by atoms with Gasteiger partial charge in [0.15, 0.2) is 0 Å². The zero-order valence-electron chi connectivity index (χ0n) is 9.11. The summed E-state index contributed by atoms with van der Waals surface area (Å²) in [6.45, 7) is 0. The number of imide groups is 1. The van der Waals surface area contributed by atoms with Gasteiger partial charge in [-0.1, -0.05) is 31.0 Å². The Labute approximate surface area is 94.9 Å². The number of benzene rings is 1. The van der Waals surface area contributed by atoms with Crippen molar-refractivity contribution in [3.63, 3.8) is 0 Å². The fourth-order valence-electron chi connectivity index (χ4n) is 2.06. The van der Waals surface area contributed by atoms with Crippen LogP contribution in [-0.4, -0.2) is 11.8 Å². The quantitative estimate of drug-likeness (QED) is 0.771. The molecule has 0 unspecified atom stereocenters. The van der Waals surface area contributed by atoms with Crippen LogP contribution >= 0.6 is 0 Å². The van der Waals surface area contributed by atoms with E-state index in [1.165, 1.54) is 0 Å². The van der Waals surface area contributed by atoms with Crippen LogP contribution in [0, 0.1) is 5.92 Å². The minimum Gasteiger partial charge on any atom is -0.292 e. The molecule has 1 aliphatic rings. The van der Waals surface area contributed by atoms with Crippen molar-refractivity contribution in [2.45, 2.75) is 25.7 Å². The third-order valence-electron chi connectivity index (χ3n) is 3.00. The molecule has 0 spiro atoms. The minimum absolute atomic E-state index is 0.0349. The highest BCUT2D eigenvalue weighted by Gasteiger charge is 2.24. The highest BCUT2D eigenvalue weighted by atomic mass is 16.2. The first kappa shape index (κ1) is 10.9. The molecule has 0 atom stereocenters. The summed E-state index contributed by atoms with van der Waals surface area (Å²) in [7, 11) is 0. The van der Waals surface area contributed by atoms with E-state index < -0.39 is 0 Å². The molecule has 84 valence electrons. The lowest BCUT2D eigenvalue weighted by Gasteiger charge is -2.08. The largest absolute Gasteiger partial charge is 0.292 e. The highest BCUT2D eigenvalue weighted by Crippen LogP contribution is 2.24. The van der Waals surface area contributed by atoms with Crippen molar-refractivity contribution in [3.8, 4) is 0 Å². The Morgan fingerprint density at radius 3 is 2.31 bits per heavy atom. The molecule has 1 aromatic carbocycles. The molecule has 0 saturated heterocycles. The Bertz CT molecular complexity index is 380. The van der Waals surface area contributed by atoms with E-state index in [-0.39, 0.29) is 17.7 Å². The molecular formula is C13H15NO2. The van der Waals surface area contributed by atoms with Gasteiger partial charge in [-0.25, -0.2) is 0 Å². The standard InChI is InChI=1S/C13H15NO2/c15-12(10-6-2-1-3-7-10)14-13(16)11-8-4-5-9-11/h1-3,6-7,11H,4-5,8-9H2,(H,14,15,16). The fourth-order valence-corrected chi connectivity index (χ4v) is 2.06. The molecule has 0 aliphatic heterocycles. The van der Waals surface area contributed by atoms with Gasteiger partial charge in [0, 0.05) is 11.5 Å². The van der Waals surface area contributed by atoms with Gasteiger partial charge in [0.1, 0.15) is 0 Å². The molecule has 1 fully saturated rings. The number of hydrogen-bond donors (Lipinski definition) is 1. The lowest BCUT2D eigenvalue weighted by Crippen LogP contribution is -2.34. The number of carbonyl (C=O) groups excluding carboxylic acids is 2. The Balaban J connectivity index is 1.94. The molecule has 0 bridgehead atoms. The Morgan fingerprint density at radius 2 is 1.69 bits per heavy atom. The number of rotatable bonds is 2. The van der Waals surface area contributed by atoms with E-state index >= 15 is 0 Å². The van der Waals surface area contributed by atoms with Crippen LogP contribution in [0.5, 0.6) is 0 Å². The van der Waals surface area contributed by atoms with Crippen molar-refractivity contribution in [1.82, 2.24) is 5.32 Å². The predicted molar refractivity (Wildman–Crippen MR) is 60.9 cm³/mol. The van der Waals surface area contributed by atoms with Crippen molar-refractivity contribution < 1.29 is 9.59 Å². The highest BCUT2D eigenvalue weighted by molar-refractivity contribution is 6.05. The van der Waals surface area contributed by atoms with Gasteiger partial charge in [-0.15, -0.1) is 0 Å². The first-order valence-electron chi connectivity index (χ1n) is 5.67. The maximum atomic E-state index is 11.7. The second kappa shape index (κ2) is 4.92.